The third kappa shape index (κ3) is 5.71. The zero-order valence-electron chi connectivity index (χ0n) is 14.7. The molecule has 1 aromatic carbocycles. The number of carbonyl (C=O) groups is 1. The van der Waals surface area contributed by atoms with Gasteiger partial charge in [-0.2, -0.15) is 0 Å². The molecule has 0 aromatic heterocycles. The van der Waals surface area contributed by atoms with Gasteiger partial charge in [0, 0.05) is 45.0 Å². The van der Waals surface area contributed by atoms with E-state index in [0.717, 1.165) is 19.6 Å². The molecule has 0 bridgehead atoms. The van der Waals surface area contributed by atoms with Gasteiger partial charge in [0.15, 0.2) is 0 Å². The summed E-state index contributed by atoms with van der Waals surface area (Å²) in [6.07, 6.45) is 7.49. The van der Waals surface area contributed by atoms with Crippen LogP contribution in [-0.2, 0) is 11.3 Å². The zero-order valence-corrected chi connectivity index (χ0v) is 14.7. The van der Waals surface area contributed by atoms with E-state index >= 15 is 0 Å². The van der Waals surface area contributed by atoms with Crippen LogP contribution in [0.3, 0.4) is 0 Å². The molecule has 1 heterocycles. The molecule has 23 heavy (non-hydrogen) atoms. The summed E-state index contributed by atoms with van der Waals surface area (Å²) in [6, 6.07) is 8.64. The molecule has 2 rings (SSSR count). The molecule has 0 unspecified atom stereocenters. The molecule has 0 N–H and O–H groups in total. The van der Waals surface area contributed by atoms with E-state index < -0.39 is 0 Å². The lowest BCUT2D eigenvalue weighted by molar-refractivity contribution is -0.125. The second-order valence-electron chi connectivity index (χ2n) is 6.57. The number of likely N-dealkylation sites (N-methyl/N-ethyl adjacent to an activating group) is 2. The van der Waals surface area contributed by atoms with Crippen LogP contribution >= 0.6 is 0 Å². The van der Waals surface area contributed by atoms with Gasteiger partial charge < -0.3 is 14.7 Å². The van der Waals surface area contributed by atoms with Crippen molar-refractivity contribution in [1.29, 1.82) is 0 Å². The SMILES string of the molecule is CN(C)C/C=C/C(=O)N(C)Cc1ccc(N2CCCCC2)cc1. The minimum atomic E-state index is 0.0481. The normalized spacial score (nSPS) is 15.4. The topological polar surface area (TPSA) is 26.8 Å². The van der Waals surface area contributed by atoms with Crippen molar-refractivity contribution in [1.82, 2.24) is 9.80 Å². The minimum absolute atomic E-state index is 0.0481. The fourth-order valence-corrected chi connectivity index (χ4v) is 2.81. The van der Waals surface area contributed by atoms with Crippen LogP contribution in [0.1, 0.15) is 24.8 Å². The van der Waals surface area contributed by atoms with Crippen LogP contribution in [0, 0.1) is 0 Å². The van der Waals surface area contributed by atoms with Gasteiger partial charge in [0.1, 0.15) is 0 Å². The predicted molar refractivity (Wildman–Crippen MR) is 96.7 cm³/mol. The Morgan fingerprint density at radius 3 is 2.35 bits per heavy atom. The first kappa shape index (κ1) is 17.5. The number of nitrogens with zero attached hydrogens (tertiary/aromatic N) is 3. The zero-order chi connectivity index (χ0) is 16.7. The molecule has 4 nitrogen and oxygen atoms in total. The largest absolute Gasteiger partial charge is 0.372 e. The molecule has 126 valence electrons. The highest BCUT2D eigenvalue weighted by molar-refractivity contribution is 5.87. The van der Waals surface area contributed by atoms with E-state index in [0.29, 0.717) is 6.54 Å². The van der Waals surface area contributed by atoms with Crippen LogP contribution in [-0.4, -0.2) is 56.5 Å². The Hall–Kier alpha value is -1.81. The molecule has 1 aliphatic heterocycles. The van der Waals surface area contributed by atoms with Crippen molar-refractivity contribution in [3.05, 3.63) is 42.0 Å². The third-order valence-electron chi connectivity index (χ3n) is 4.18. The van der Waals surface area contributed by atoms with Crippen LogP contribution in [0.2, 0.25) is 0 Å². The monoisotopic (exact) mass is 315 g/mol. The Kier molecular flexibility index (Phi) is 6.66. The van der Waals surface area contributed by atoms with E-state index in [1.165, 1.54) is 30.5 Å². The van der Waals surface area contributed by atoms with E-state index in [1.54, 1.807) is 11.0 Å². The highest BCUT2D eigenvalue weighted by Gasteiger charge is 2.11. The van der Waals surface area contributed by atoms with Gasteiger partial charge in [-0.25, -0.2) is 0 Å². The molecule has 1 saturated heterocycles. The van der Waals surface area contributed by atoms with E-state index in [4.69, 9.17) is 0 Å². The summed E-state index contributed by atoms with van der Waals surface area (Å²) in [5, 5.41) is 0. The van der Waals surface area contributed by atoms with E-state index in [-0.39, 0.29) is 5.91 Å². The van der Waals surface area contributed by atoms with Crippen molar-refractivity contribution in [2.45, 2.75) is 25.8 Å². The van der Waals surface area contributed by atoms with Crippen molar-refractivity contribution in [3.8, 4) is 0 Å². The van der Waals surface area contributed by atoms with Gasteiger partial charge in [-0.3, -0.25) is 4.79 Å². The van der Waals surface area contributed by atoms with Crippen molar-refractivity contribution in [2.75, 3.05) is 45.7 Å². The number of hydrogen-bond acceptors (Lipinski definition) is 3. The summed E-state index contributed by atoms with van der Waals surface area (Å²) < 4.78 is 0. The molecule has 1 amide bonds. The highest BCUT2D eigenvalue weighted by Crippen LogP contribution is 2.20. The van der Waals surface area contributed by atoms with Gasteiger partial charge >= 0.3 is 0 Å². The van der Waals surface area contributed by atoms with E-state index in [2.05, 4.69) is 29.2 Å². The summed E-state index contributed by atoms with van der Waals surface area (Å²) >= 11 is 0. The number of rotatable bonds is 6. The summed E-state index contributed by atoms with van der Waals surface area (Å²) in [4.78, 5) is 18.3. The number of amides is 1. The Balaban J connectivity index is 1.87. The number of carbonyl (C=O) groups excluding carboxylic acids is 1. The Bertz CT molecular complexity index is 516. The first-order valence-corrected chi connectivity index (χ1v) is 8.46. The quantitative estimate of drug-likeness (QED) is 0.755. The minimum Gasteiger partial charge on any atom is -0.372 e. The molecule has 0 atom stereocenters. The van der Waals surface area contributed by atoms with Gasteiger partial charge in [-0.15, -0.1) is 0 Å². The fourth-order valence-electron chi connectivity index (χ4n) is 2.81. The maximum Gasteiger partial charge on any atom is 0.246 e. The number of hydrogen-bond donors (Lipinski definition) is 0. The predicted octanol–water partition coefficient (Wildman–Crippen LogP) is 2.75. The van der Waals surface area contributed by atoms with E-state index in [1.807, 2.05) is 32.1 Å². The molecule has 0 aliphatic carbocycles. The number of anilines is 1. The Morgan fingerprint density at radius 2 is 1.74 bits per heavy atom. The molecule has 1 fully saturated rings. The summed E-state index contributed by atoms with van der Waals surface area (Å²) in [5.41, 5.74) is 2.47. The lowest BCUT2D eigenvalue weighted by Crippen LogP contribution is -2.29. The second-order valence-corrected chi connectivity index (χ2v) is 6.57. The molecule has 4 heteroatoms. The lowest BCUT2D eigenvalue weighted by Gasteiger charge is -2.29. The first-order valence-electron chi connectivity index (χ1n) is 8.46. The average Bonchev–Trinajstić information content (AvgIpc) is 2.56. The van der Waals surface area contributed by atoms with Crippen molar-refractivity contribution in [3.63, 3.8) is 0 Å². The maximum absolute atomic E-state index is 12.1. The average molecular weight is 315 g/mol. The van der Waals surface area contributed by atoms with Gasteiger partial charge in [-0.1, -0.05) is 18.2 Å². The second kappa shape index (κ2) is 8.73. The van der Waals surface area contributed by atoms with Gasteiger partial charge in [0.25, 0.3) is 0 Å². The summed E-state index contributed by atoms with van der Waals surface area (Å²) in [6.45, 7) is 3.75. The van der Waals surface area contributed by atoms with Gasteiger partial charge in [-0.05, 0) is 51.1 Å². The van der Waals surface area contributed by atoms with Crippen molar-refractivity contribution in [2.24, 2.45) is 0 Å². The molecule has 0 saturated carbocycles. The van der Waals surface area contributed by atoms with Crippen LogP contribution in [0.15, 0.2) is 36.4 Å². The summed E-state index contributed by atoms with van der Waals surface area (Å²) in [5.74, 6) is 0.0481. The molecule has 1 aliphatic rings. The van der Waals surface area contributed by atoms with Crippen molar-refractivity contribution >= 4 is 11.6 Å². The van der Waals surface area contributed by atoms with Crippen molar-refractivity contribution < 1.29 is 4.79 Å². The molecule has 1 aromatic rings. The summed E-state index contributed by atoms with van der Waals surface area (Å²) in [7, 11) is 5.83. The first-order chi connectivity index (χ1) is 11.1. The number of piperidine rings is 1. The van der Waals surface area contributed by atoms with Gasteiger partial charge in [0.2, 0.25) is 5.91 Å². The van der Waals surface area contributed by atoms with E-state index in [9.17, 15) is 4.79 Å². The van der Waals surface area contributed by atoms with Gasteiger partial charge in [0.05, 0.1) is 0 Å². The number of benzene rings is 1. The fraction of sp³-hybridized carbons (Fsp3) is 0.526. The maximum atomic E-state index is 12.1. The third-order valence-corrected chi connectivity index (χ3v) is 4.18. The molecule has 0 radical (unpaired) electrons. The Morgan fingerprint density at radius 1 is 1.09 bits per heavy atom. The Labute approximate surface area is 140 Å². The standard InChI is InChI=1S/C19H29N3O/c1-20(2)13-7-8-19(23)21(3)16-17-9-11-18(12-10-17)22-14-5-4-6-15-22/h7-12H,4-6,13-16H2,1-3H3/b8-7+. The van der Waals surface area contributed by atoms with Crippen LogP contribution in [0.25, 0.3) is 0 Å². The molecular formula is C19H29N3O. The lowest BCUT2D eigenvalue weighted by atomic mass is 10.1. The highest BCUT2D eigenvalue weighted by atomic mass is 16.2. The smallest absolute Gasteiger partial charge is 0.246 e. The molecule has 0 spiro atoms. The van der Waals surface area contributed by atoms with Crippen LogP contribution in [0.5, 0.6) is 0 Å². The van der Waals surface area contributed by atoms with Crippen LogP contribution in [0.4, 0.5) is 5.69 Å². The molecular weight excluding hydrogens is 286 g/mol. The van der Waals surface area contributed by atoms with Crippen LogP contribution < -0.4 is 4.90 Å².